The number of allylic oxidation sites excluding steroid dienone is 1. The molecule has 0 saturated carbocycles. The number of hydrogen-bond acceptors (Lipinski definition) is 5. The molecular weight excluding hydrogens is 488 g/mol. The Bertz CT molecular complexity index is 1360. The smallest absolute Gasteiger partial charge is 0.419 e. The number of aromatic hydroxyl groups is 1. The van der Waals surface area contributed by atoms with Crippen molar-refractivity contribution in [2.75, 3.05) is 5.32 Å². The van der Waals surface area contributed by atoms with Gasteiger partial charge < -0.3 is 15.5 Å². The van der Waals surface area contributed by atoms with Gasteiger partial charge in [0.05, 0.1) is 11.1 Å². The molecule has 180 valence electrons. The number of nitrogens with one attached hydrogen (secondary N) is 1. The molecule has 1 heterocycles. The largest absolute Gasteiger partial charge is 0.504 e. The van der Waals surface area contributed by atoms with Gasteiger partial charge in [-0.3, -0.25) is 0 Å². The molecule has 1 aliphatic rings. The minimum Gasteiger partial charge on any atom is -0.504 e. The summed E-state index contributed by atoms with van der Waals surface area (Å²) in [4.78, 5) is 7.70. The Kier molecular flexibility index (Phi) is 5.68. The van der Waals surface area contributed by atoms with Gasteiger partial charge in [0, 0.05) is 35.3 Å². The average Bonchev–Trinajstić information content (AvgIpc) is 2.76. The van der Waals surface area contributed by atoms with Crippen molar-refractivity contribution in [2.45, 2.75) is 38.1 Å². The number of phenols is 1. The van der Waals surface area contributed by atoms with E-state index in [1.54, 1.807) is 0 Å². The summed E-state index contributed by atoms with van der Waals surface area (Å²) in [6.07, 6.45) is -4.02. The molecule has 1 aromatic heterocycles. The number of hydrogen-bond donors (Lipinski definition) is 3. The van der Waals surface area contributed by atoms with Gasteiger partial charge in [-0.05, 0) is 31.1 Å². The lowest BCUT2D eigenvalue weighted by Crippen LogP contribution is -2.54. The summed E-state index contributed by atoms with van der Waals surface area (Å²) in [5, 5.41) is 22.8. The topological polar surface area (TPSA) is 78.3 Å². The molecule has 4 rings (SSSR count). The first kappa shape index (κ1) is 24.1. The van der Waals surface area contributed by atoms with Crippen LogP contribution in [0.4, 0.5) is 32.0 Å². The lowest BCUT2D eigenvalue weighted by molar-refractivity contribution is -0.265. The van der Waals surface area contributed by atoms with Crippen molar-refractivity contribution in [3.8, 4) is 5.75 Å². The van der Waals surface area contributed by atoms with Crippen LogP contribution in [0, 0.1) is 24.4 Å². The summed E-state index contributed by atoms with van der Waals surface area (Å²) >= 11 is 5.80. The van der Waals surface area contributed by atoms with E-state index in [0.29, 0.717) is 6.07 Å². The van der Waals surface area contributed by atoms with E-state index in [9.17, 15) is 36.6 Å². The van der Waals surface area contributed by atoms with Crippen LogP contribution in [0.1, 0.15) is 36.3 Å². The number of benzene rings is 2. The van der Waals surface area contributed by atoms with Crippen LogP contribution in [0.15, 0.2) is 24.4 Å². The maximum Gasteiger partial charge on any atom is 0.419 e. The van der Waals surface area contributed by atoms with Gasteiger partial charge in [0.1, 0.15) is 11.3 Å². The molecular formula is C22H16ClF6N3O2. The highest BCUT2D eigenvalue weighted by molar-refractivity contribution is 6.31. The van der Waals surface area contributed by atoms with E-state index in [-0.39, 0.29) is 28.0 Å². The van der Waals surface area contributed by atoms with Gasteiger partial charge in [-0.15, -0.1) is 0 Å². The summed E-state index contributed by atoms with van der Waals surface area (Å²) in [5.74, 6) is -4.91. The van der Waals surface area contributed by atoms with E-state index in [0.717, 1.165) is 12.3 Å². The van der Waals surface area contributed by atoms with Gasteiger partial charge in [-0.2, -0.15) is 13.2 Å². The third kappa shape index (κ3) is 3.54. The Balaban J connectivity index is 2.02. The number of nitrogens with zero attached hydrogens (tertiary/aromatic N) is 2. The number of halogens is 7. The zero-order valence-corrected chi connectivity index (χ0v) is 18.3. The Morgan fingerprint density at radius 3 is 2.50 bits per heavy atom. The van der Waals surface area contributed by atoms with E-state index in [4.69, 9.17) is 11.6 Å². The van der Waals surface area contributed by atoms with Crippen molar-refractivity contribution < 1.29 is 36.6 Å². The molecule has 3 N–H and O–H groups in total. The second-order valence-corrected chi connectivity index (χ2v) is 8.28. The van der Waals surface area contributed by atoms with E-state index in [2.05, 4.69) is 15.3 Å². The molecule has 0 radical (unpaired) electrons. The van der Waals surface area contributed by atoms with Gasteiger partial charge in [0.25, 0.3) is 0 Å². The van der Waals surface area contributed by atoms with Crippen LogP contribution in [-0.2, 0) is 0 Å². The van der Waals surface area contributed by atoms with Crippen LogP contribution in [0.3, 0.4) is 0 Å². The lowest BCUT2D eigenvalue weighted by Gasteiger charge is -2.44. The van der Waals surface area contributed by atoms with Crippen molar-refractivity contribution in [2.24, 2.45) is 0 Å². The molecule has 2 aromatic carbocycles. The highest BCUT2D eigenvalue weighted by atomic mass is 35.5. The van der Waals surface area contributed by atoms with E-state index in [1.807, 2.05) is 0 Å². The van der Waals surface area contributed by atoms with Crippen molar-refractivity contribution in [3.05, 3.63) is 63.8 Å². The van der Waals surface area contributed by atoms with Crippen LogP contribution < -0.4 is 5.32 Å². The van der Waals surface area contributed by atoms with Gasteiger partial charge in [0.15, 0.2) is 28.8 Å². The van der Waals surface area contributed by atoms with Gasteiger partial charge in [0.2, 0.25) is 0 Å². The number of fused-ring (bicyclic) bond motifs is 2. The first-order valence-electron chi connectivity index (χ1n) is 9.83. The van der Waals surface area contributed by atoms with Gasteiger partial charge in [-0.1, -0.05) is 17.7 Å². The van der Waals surface area contributed by atoms with Crippen molar-refractivity contribution in [3.63, 3.8) is 0 Å². The fraction of sp³-hybridized carbons (Fsp3) is 0.273. The normalized spacial score (nSPS) is 21.7. The van der Waals surface area contributed by atoms with Crippen molar-refractivity contribution in [1.29, 1.82) is 0 Å². The molecule has 0 aliphatic heterocycles. The second-order valence-electron chi connectivity index (χ2n) is 7.87. The lowest BCUT2D eigenvalue weighted by atomic mass is 9.72. The fourth-order valence-electron chi connectivity index (χ4n) is 4.13. The maximum absolute atomic E-state index is 14.3. The molecule has 0 saturated heterocycles. The summed E-state index contributed by atoms with van der Waals surface area (Å²) in [7, 11) is 0. The molecule has 3 aromatic rings. The third-order valence-corrected chi connectivity index (χ3v) is 6.10. The van der Waals surface area contributed by atoms with Crippen LogP contribution in [0.25, 0.3) is 16.5 Å². The van der Waals surface area contributed by atoms with E-state index in [1.165, 1.54) is 19.9 Å². The van der Waals surface area contributed by atoms with Gasteiger partial charge >= 0.3 is 6.18 Å². The highest BCUT2D eigenvalue weighted by Gasteiger charge is 2.62. The summed E-state index contributed by atoms with van der Waals surface area (Å²) in [6, 6.07) is -0.668. The molecule has 2 atom stereocenters. The molecule has 0 spiro atoms. The standard InChI is InChI=1S/C22H16ClF6N3O2/c1-3-9-6-21(34,22(27,28)29)20(10-4-12(23)16(25)19(33)15(9)10)32-14-5-13(24)17(26)18-11(14)7-30-8(2)31-18/h3-5,7,20,32-34H,6H2,1-2H3/b9-3-/t20-,21-/m0/s1. The Morgan fingerprint density at radius 2 is 1.88 bits per heavy atom. The third-order valence-electron chi connectivity index (χ3n) is 5.82. The minimum atomic E-state index is -5.24. The number of rotatable bonds is 2. The number of aliphatic hydroxyl groups is 1. The molecule has 34 heavy (non-hydrogen) atoms. The van der Waals surface area contributed by atoms with Crippen LogP contribution >= 0.6 is 11.6 Å². The Morgan fingerprint density at radius 1 is 1.21 bits per heavy atom. The second kappa shape index (κ2) is 8.02. The van der Waals surface area contributed by atoms with Crippen LogP contribution in [0.2, 0.25) is 5.02 Å². The zero-order chi connectivity index (χ0) is 25.2. The zero-order valence-electron chi connectivity index (χ0n) is 17.5. The summed E-state index contributed by atoms with van der Waals surface area (Å²) in [6.45, 7) is 2.77. The van der Waals surface area contributed by atoms with Crippen molar-refractivity contribution >= 4 is 33.8 Å². The predicted molar refractivity (Wildman–Crippen MR) is 113 cm³/mol. The van der Waals surface area contributed by atoms with Crippen molar-refractivity contribution in [1.82, 2.24) is 9.97 Å². The number of aryl methyl sites for hydroxylation is 1. The summed E-state index contributed by atoms with van der Waals surface area (Å²) < 4.78 is 85.7. The highest BCUT2D eigenvalue weighted by Crippen LogP contribution is 2.55. The average molecular weight is 504 g/mol. The molecule has 1 aliphatic carbocycles. The quantitative estimate of drug-likeness (QED) is 0.376. The van der Waals surface area contributed by atoms with E-state index >= 15 is 0 Å². The first-order chi connectivity index (χ1) is 15.8. The Hall–Kier alpha value is -3.05. The number of alkyl halides is 3. The molecule has 5 nitrogen and oxygen atoms in total. The molecule has 0 unspecified atom stereocenters. The first-order valence-corrected chi connectivity index (χ1v) is 10.2. The number of aromatic nitrogens is 2. The number of anilines is 1. The minimum absolute atomic E-state index is 0.0858. The molecule has 0 bridgehead atoms. The van der Waals surface area contributed by atoms with Crippen LogP contribution in [0.5, 0.6) is 5.75 Å². The van der Waals surface area contributed by atoms with E-state index < -0.39 is 63.5 Å². The SMILES string of the molecule is C/C=C1/C[C@@](O)(C(F)(F)F)[C@@H](Nc2cc(F)c(F)c3nc(C)ncc23)c2cc(Cl)c(F)c(O)c21. The molecule has 0 fully saturated rings. The maximum atomic E-state index is 14.3. The Labute approximate surface area is 193 Å². The monoisotopic (exact) mass is 503 g/mol. The predicted octanol–water partition coefficient (Wildman–Crippen LogP) is 5.97. The number of phenolic OH excluding ortho intramolecular Hbond substituents is 1. The molecule has 0 amide bonds. The summed E-state index contributed by atoms with van der Waals surface area (Å²) in [5.41, 5.74) is -5.23. The van der Waals surface area contributed by atoms with Gasteiger partial charge in [-0.25, -0.2) is 23.1 Å². The van der Waals surface area contributed by atoms with Crippen LogP contribution in [-0.4, -0.2) is 32.0 Å². The fourth-order valence-corrected chi connectivity index (χ4v) is 4.34. The molecule has 12 heteroatoms.